The molecule has 0 spiro atoms. The van der Waals surface area contributed by atoms with E-state index in [-0.39, 0.29) is 36.9 Å². The second kappa shape index (κ2) is 7.65. The molecule has 2 fully saturated rings. The summed E-state index contributed by atoms with van der Waals surface area (Å²) in [6, 6.07) is 5.40. The van der Waals surface area contributed by atoms with Crippen LogP contribution in [0.1, 0.15) is 36.3 Å². The van der Waals surface area contributed by atoms with Crippen LogP contribution >= 0.6 is 0 Å². The van der Waals surface area contributed by atoms with Gasteiger partial charge in [-0.2, -0.15) is 13.2 Å². The van der Waals surface area contributed by atoms with E-state index in [1.165, 1.54) is 17.0 Å². The van der Waals surface area contributed by atoms with E-state index >= 15 is 0 Å². The summed E-state index contributed by atoms with van der Waals surface area (Å²) in [6.45, 7) is 1.07. The fourth-order valence-electron chi connectivity index (χ4n) is 3.73. The van der Waals surface area contributed by atoms with E-state index in [9.17, 15) is 22.8 Å². The van der Waals surface area contributed by atoms with E-state index in [0.29, 0.717) is 18.7 Å². The predicted octanol–water partition coefficient (Wildman–Crippen LogP) is 1.89. The molecule has 0 aromatic heterocycles. The number of nitrogens with zero attached hydrogens (tertiary/aromatic N) is 1. The Hall–Kier alpha value is -2.09. The lowest BCUT2D eigenvalue weighted by Crippen LogP contribution is -2.52. The maximum atomic E-state index is 12.9. The molecule has 2 N–H and O–H groups in total. The molecule has 8 heteroatoms. The standard InChI is InChI=1S/C18H22F3N3O2/c19-18(20,21)13-4-1-3-12(9-13)14-5-2-6-15(14)23-10-17(26)24-8-7-22-16(25)11-24/h1,3-4,9,14-15,23H,2,5-8,10-11H2,(H,22,25). The Morgan fingerprint density at radius 2 is 2.12 bits per heavy atom. The SMILES string of the molecule is O=C1CN(C(=O)CNC2CCCC2c2cccc(C(F)(F)F)c2)CCN1. The Labute approximate surface area is 149 Å². The van der Waals surface area contributed by atoms with Gasteiger partial charge in [-0.3, -0.25) is 9.59 Å². The van der Waals surface area contributed by atoms with Crippen LogP contribution < -0.4 is 10.6 Å². The molecule has 142 valence electrons. The normalized spacial score (nSPS) is 23.8. The molecule has 5 nitrogen and oxygen atoms in total. The number of halogens is 3. The van der Waals surface area contributed by atoms with E-state index in [0.717, 1.165) is 25.3 Å². The number of hydrogen-bond donors (Lipinski definition) is 2. The molecule has 1 saturated carbocycles. The highest BCUT2D eigenvalue weighted by Gasteiger charge is 2.34. The second-order valence-electron chi connectivity index (χ2n) is 6.81. The van der Waals surface area contributed by atoms with Crippen LogP contribution in [0.15, 0.2) is 24.3 Å². The molecule has 0 bridgehead atoms. The number of nitrogens with one attached hydrogen (secondary N) is 2. The van der Waals surface area contributed by atoms with E-state index < -0.39 is 11.7 Å². The summed E-state index contributed by atoms with van der Waals surface area (Å²) in [6.07, 6.45) is -1.85. The summed E-state index contributed by atoms with van der Waals surface area (Å²) in [5.41, 5.74) is 0.00989. The fraction of sp³-hybridized carbons (Fsp3) is 0.556. The summed E-state index contributed by atoms with van der Waals surface area (Å²) >= 11 is 0. The first-order valence-electron chi connectivity index (χ1n) is 8.79. The van der Waals surface area contributed by atoms with Gasteiger partial charge in [0.05, 0.1) is 18.7 Å². The van der Waals surface area contributed by atoms with Gasteiger partial charge in [0.2, 0.25) is 11.8 Å². The monoisotopic (exact) mass is 369 g/mol. The Bertz CT molecular complexity index is 678. The third-order valence-corrected chi connectivity index (χ3v) is 5.06. The lowest BCUT2D eigenvalue weighted by Gasteiger charge is -2.28. The molecule has 1 aliphatic carbocycles. The van der Waals surface area contributed by atoms with Crippen LogP contribution in [0.5, 0.6) is 0 Å². The van der Waals surface area contributed by atoms with Gasteiger partial charge in [-0.15, -0.1) is 0 Å². The minimum Gasteiger partial charge on any atom is -0.353 e. The predicted molar refractivity (Wildman–Crippen MR) is 89.4 cm³/mol. The molecule has 26 heavy (non-hydrogen) atoms. The topological polar surface area (TPSA) is 61.4 Å². The Morgan fingerprint density at radius 3 is 2.85 bits per heavy atom. The van der Waals surface area contributed by atoms with Crippen molar-refractivity contribution in [3.05, 3.63) is 35.4 Å². The van der Waals surface area contributed by atoms with Crippen LogP contribution in [-0.2, 0) is 15.8 Å². The average Bonchev–Trinajstić information content (AvgIpc) is 3.07. The van der Waals surface area contributed by atoms with Crippen molar-refractivity contribution in [2.45, 2.75) is 37.4 Å². The third-order valence-electron chi connectivity index (χ3n) is 5.06. The van der Waals surface area contributed by atoms with Crippen LogP contribution in [0.4, 0.5) is 13.2 Å². The molecule has 1 aromatic carbocycles. The molecule has 2 atom stereocenters. The number of piperazine rings is 1. The number of carbonyl (C=O) groups is 2. The maximum Gasteiger partial charge on any atom is 0.416 e. The minimum atomic E-state index is -4.36. The Kier molecular flexibility index (Phi) is 5.50. The minimum absolute atomic E-state index is 0.0407. The highest BCUT2D eigenvalue weighted by Crippen LogP contribution is 2.37. The van der Waals surface area contributed by atoms with Crippen LogP contribution in [0.3, 0.4) is 0 Å². The van der Waals surface area contributed by atoms with Gasteiger partial charge in [0.25, 0.3) is 0 Å². The molecule has 0 radical (unpaired) electrons. The summed E-state index contributed by atoms with van der Waals surface area (Å²) in [4.78, 5) is 25.1. The average molecular weight is 369 g/mol. The van der Waals surface area contributed by atoms with Gasteiger partial charge >= 0.3 is 6.18 Å². The second-order valence-corrected chi connectivity index (χ2v) is 6.81. The van der Waals surface area contributed by atoms with Crippen molar-refractivity contribution >= 4 is 11.8 Å². The smallest absolute Gasteiger partial charge is 0.353 e. The van der Waals surface area contributed by atoms with E-state index in [1.807, 2.05) is 0 Å². The molecule has 1 aliphatic heterocycles. The van der Waals surface area contributed by atoms with E-state index in [2.05, 4.69) is 10.6 Å². The lowest BCUT2D eigenvalue weighted by molar-refractivity contribution is -0.137. The van der Waals surface area contributed by atoms with Crippen molar-refractivity contribution in [3.8, 4) is 0 Å². The number of hydrogen-bond acceptors (Lipinski definition) is 3. The number of alkyl halides is 3. The first-order chi connectivity index (χ1) is 12.3. The molecule has 1 saturated heterocycles. The van der Waals surface area contributed by atoms with Crippen molar-refractivity contribution in [1.82, 2.24) is 15.5 Å². The summed E-state index contributed by atoms with van der Waals surface area (Å²) < 4.78 is 38.8. The highest BCUT2D eigenvalue weighted by molar-refractivity contribution is 5.86. The molecular weight excluding hydrogens is 347 g/mol. The van der Waals surface area contributed by atoms with Gasteiger partial charge in [0.15, 0.2) is 0 Å². The van der Waals surface area contributed by atoms with Crippen molar-refractivity contribution in [1.29, 1.82) is 0 Å². The van der Waals surface area contributed by atoms with Crippen molar-refractivity contribution in [2.75, 3.05) is 26.2 Å². The largest absolute Gasteiger partial charge is 0.416 e. The lowest BCUT2D eigenvalue weighted by atomic mass is 9.92. The zero-order valence-electron chi connectivity index (χ0n) is 14.3. The molecule has 2 unspecified atom stereocenters. The Morgan fingerprint density at radius 1 is 1.31 bits per heavy atom. The molecule has 3 rings (SSSR count). The van der Waals surface area contributed by atoms with Crippen LogP contribution in [-0.4, -0.2) is 48.9 Å². The van der Waals surface area contributed by atoms with Gasteiger partial charge in [0, 0.05) is 19.1 Å². The first kappa shape index (κ1) is 18.7. The highest BCUT2D eigenvalue weighted by atomic mass is 19.4. The molecule has 2 amide bonds. The molecule has 1 aromatic rings. The maximum absolute atomic E-state index is 12.9. The molecule has 1 heterocycles. The first-order valence-corrected chi connectivity index (χ1v) is 8.79. The quantitative estimate of drug-likeness (QED) is 0.852. The molecular formula is C18H22F3N3O2. The van der Waals surface area contributed by atoms with Gasteiger partial charge in [0.1, 0.15) is 0 Å². The fourth-order valence-corrected chi connectivity index (χ4v) is 3.73. The van der Waals surface area contributed by atoms with Crippen LogP contribution in [0, 0.1) is 0 Å². The van der Waals surface area contributed by atoms with E-state index in [1.54, 1.807) is 6.07 Å². The van der Waals surface area contributed by atoms with E-state index in [4.69, 9.17) is 0 Å². The third kappa shape index (κ3) is 4.35. The number of amides is 2. The van der Waals surface area contributed by atoms with Gasteiger partial charge in [-0.1, -0.05) is 24.6 Å². The summed E-state index contributed by atoms with van der Waals surface area (Å²) in [7, 11) is 0. The van der Waals surface area contributed by atoms with Gasteiger partial charge < -0.3 is 15.5 Å². The summed E-state index contributed by atoms with van der Waals surface area (Å²) in [5, 5.41) is 5.86. The number of carbonyl (C=O) groups excluding carboxylic acids is 2. The van der Waals surface area contributed by atoms with Crippen molar-refractivity contribution in [2.24, 2.45) is 0 Å². The zero-order valence-corrected chi connectivity index (χ0v) is 14.3. The summed E-state index contributed by atoms with van der Waals surface area (Å²) in [5.74, 6) is -0.378. The Balaban J connectivity index is 1.62. The van der Waals surface area contributed by atoms with Crippen molar-refractivity contribution in [3.63, 3.8) is 0 Å². The molecule has 2 aliphatic rings. The zero-order chi connectivity index (χ0) is 18.7. The van der Waals surface area contributed by atoms with Crippen LogP contribution in [0.2, 0.25) is 0 Å². The van der Waals surface area contributed by atoms with Crippen LogP contribution in [0.25, 0.3) is 0 Å². The van der Waals surface area contributed by atoms with Gasteiger partial charge in [-0.05, 0) is 30.4 Å². The number of benzene rings is 1. The van der Waals surface area contributed by atoms with Crippen molar-refractivity contribution < 1.29 is 22.8 Å². The number of rotatable bonds is 4. The van der Waals surface area contributed by atoms with Gasteiger partial charge in [-0.25, -0.2) is 0 Å².